The minimum absolute atomic E-state index is 0.134. The molecule has 162 valence electrons. The summed E-state index contributed by atoms with van der Waals surface area (Å²) in [6, 6.07) is 5.00. The fourth-order valence-electron chi connectivity index (χ4n) is 3.30. The van der Waals surface area contributed by atoms with Gasteiger partial charge in [0.15, 0.2) is 11.6 Å². The first-order valence-corrected chi connectivity index (χ1v) is 10.3. The summed E-state index contributed by atoms with van der Waals surface area (Å²) in [5.74, 6) is 0.343. The van der Waals surface area contributed by atoms with Crippen LogP contribution in [0, 0.1) is 11.7 Å². The smallest absolute Gasteiger partial charge is 0.328 e. The summed E-state index contributed by atoms with van der Waals surface area (Å²) in [6.07, 6.45) is 5.79. The molecule has 1 fully saturated rings. The van der Waals surface area contributed by atoms with Gasteiger partial charge in [0.05, 0.1) is 13.7 Å². The molecule has 0 radical (unpaired) electrons. The van der Waals surface area contributed by atoms with E-state index >= 15 is 4.39 Å². The third-order valence-electron chi connectivity index (χ3n) is 5.32. The quantitative estimate of drug-likeness (QED) is 0.573. The number of hydrogen-bond donors (Lipinski definition) is 2. The molecule has 7 heteroatoms. The highest BCUT2D eigenvalue weighted by Gasteiger charge is 2.28. The van der Waals surface area contributed by atoms with Gasteiger partial charge in [-0.3, -0.25) is 0 Å². The molecule has 1 aliphatic carbocycles. The first kappa shape index (κ1) is 21.9. The summed E-state index contributed by atoms with van der Waals surface area (Å²) in [5.41, 5.74) is 0.757. The highest BCUT2D eigenvalue weighted by atomic mass is 19.1. The van der Waals surface area contributed by atoms with Gasteiger partial charge in [-0.1, -0.05) is 12.8 Å². The summed E-state index contributed by atoms with van der Waals surface area (Å²) in [6.45, 7) is 5.28. The van der Waals surface area contributed by atoms with Crippen molar-refractivity contribution in [2.45, 2.75) is 52.0 Å². The monoisotopic (exact) mass is 416 g/mol. The highest BCUT2D eigenvalue weighted by Crippen LogP contribution is 2.39. The largest absolute Gasteiger partial charge is 0.497 e. The first-order valence-electron chi connectivity index (χ1n) is 10.3. The average molecular weight is 416 g/mol. The average Bonchev–Trinajstić information content (AvgIpc) is 3.52. The third kappa shape index (κ3) is 5.01. The van der Waals surface area contributed by atoms with E-state index in [2.05, 4.69) is 10.3 Å². The number of carboxylic acid groups (broad SMARTS) is 1. The fraction of sp³-hybridized carbons (Fsp3) is 0.478. The number of nitrogens with zero attached hydrogens (tertiary/aromatic N) is 1. The number of carboxylic acids is 1. The van der Waals surface area contributed by atoms with Gasteiger partial charge in [-0.2, -0.15) is 0 Å². The lowest BCUT2D eigenvalue weighted by atomic mass is 9.96. The van der Waals surface area contributed by atoms with Crippen LogP contribution in [0.5, 0.6) is 11.5 Å². The van der Waals surface area contributed by atoms with E-state index in [1.807, 2.05) is 6.07 Å². The number of rotatable bonds is 10. The lowest BCUT2D eigenvalue weighted by Gasteiger charge is -2.23. The second-order valence-electron chi connectivity index (χ2n) is 8.18. The second-order valence-corrected chi connectivity index (χ2v) is 8.18. The van der Waals surface area contributed by atoms with E-state index in [4.69, 9.17) is 9.47 Å². The molecule has 0 bridgehead atoms. The number of anilines is 1. The van der Waals surface area contributed by atoms with Gasteiger partial charge in [0.1, 0.15) is 17.1 Å². The molecule has 2 aromatic rings. The molecule has 2 N–H and O–H groups in total. The minimum atomic E-state index is -1.17. The molecule has 1 aromatic heterocycles. The lowest BCUT2D eigenvalue weighted by Crippen LogP contribution is -2.40. The molecular weight excluding hydrogens is 387 g/mol. The number of benzene rings is 1. The molecule has 0 spiro atoms. The van der Waals surface area contributed by atoms with Gasteiger partial charge >= 0.3 is 5.97 Å². The standard InChI is InChI=1S/C23H29FN2O4/c1-5-30-19-12-16(29-4)11-17(21(19)24)18-13-25-20(26-23(2,3)22(27)28)10-15(18)9-8-14-6-7-14/h10-14H,5-9H2,1-4H3,(H,25,26)(H,27,28). The predicted octanol–water partition coefficient (Wildman–Crippen LogP) is 4.91. The van der Waals surface area contributed by atoms with Crippen molar-refractivity contribution in [2.24, 2.45) is 5.92 Å². The summed E-state index contributed by atoms with van der Waals surface area (Å²) in [7, 11) is 1.53. The Bertz CT molecular complexity index is 926. The Morgan fingerprint density at radius 2 is 2.03 bits per heavy atom. The van der Waals surface area contributed by atoms with Gasteiger partial charge < -0.3 is 19.9 Å². The van der Waals surface area contributed by atoms with Crippen LogP contribution in [0.3, 0.4) is 0 Å². The zero-order valence-corrected chi connectivity index (χ0v) is 17.9. The maximum atomic E-state index is 15.2. The maximum absolute atomic E-state index is 15.2. The van der Waals surface area contributed by atoms with Gasteiger partial charge in [0, 0.05) is 23.4 Å². The van der Waals surface area contributed by atoms with Crippen molar-refractivity contribution in [2.75, 3.05) is 19.0 Å². The molecule has 0 unspecified atom stereocenters. The van der Waals surface area contributed by atoms with Crippen molar-refractivity contribution in [1.82, 2.24) is 4.98 Å². The number of aliphatic carboxylic acids is 1. The minimum Gasteiger partial charge on any atom is -0.497 e. The van der Waals surface area contributed by atoms with E-state index in [1.54, 1.807) is 33.0 Å². The summed E-state index contributed by atoms with van der Waals surface area (Å²) in [5, 5.41) is 12.4. The molecule has 1 heterocycles. The van der Waals surface area contributed by atoms with Crippen molar-refractivity contribution >= 4 is 11.8 Å². The first-order chi connectivity index (χ1) is 14.2. The van der Waals surface area contributed by atoms with Crippen molar-refractivity contribution in [3.8, 4) is 22.6 Å². The molecule has 6 nitrogen and oxygen atoms in total. The van der Waals surface area contributed by atoms with Crippen LogP contribution in [0.4, 0.5) is 10.2 Å². The maximum Gasteiger partial charge on any atom is 0.328 e. The van der Waals surface area contributed by atoms with Gasteiger partial charge in [-0.15, -0.1) is 0 Å². The molecule has 1 aromatic carbocycles. The number of pyridine rings is 1. The van der Waals surface area contributed by atoms with Crippen LogP contribution in [0.1, 0.15) is 45.6 Å². The number of carbonyl (C=O) groups is 1. The van der Waals surface area contributed by atoms with E-state index in [0.29, 0.717) is 35.2 Å². The number of nitrogens with one attached hydrogen (secondary N) is 1. The van der Waals surface area contributed by atoms with Gasteiger partial charge in [-0.25, -0.2) is 14.2 Å². The van der Waals surface area contributed by atoms with Crippen molar-refractivity contribution in [3.05, 3.63) is 35.8 Å². The molecule has 0 atom stereocenters. The zero-order valence-electron chi connectivity index (χ0n) is 17.9. The fourth-order valence-corrected chi connectivity index (χ4v) is 3.30. The Morgan fingerprint density at radius 3 is 2.63 bits per heavy atom. The van der Waals surface area contributed by atoms with E-state index in [-0.39, 0.29) is 5.75 Å². The second kappa shape index (κ2) is 8.90. The van der Waals surface area contributed by atoms with Crippen molar-refractivity contribution < 1.29 is 23.8 Å². The van der Waals surface area contributed by atoms with E-state index in [1.165, 1.54) is 26.0 Å². The lowest BCUT2D eigenvalue weighted by molar-refractivity contribution is -0.141. The number of aromatic nitrogens is 1. The number of halogens is 1. The van der Waals surface area contributed by atoms with Crippen LogP contribution in [0.2, 0.25) is 0 Å². The number of hydrogen-bond acceptors (Lipinski definition) is 5. The van der Waals surface area contributed by atoms with Gasteiger partial charge in [-0.05, 0) is 57.2 Å². The molecule has 0 aliphatic heterocycles. The highest BCUT2D eigenvalue weighted by molar-refractivity contribution is 5.81. The Morgan fingerprint density at radius 1 is 1.30 bits per heavy atom. The van der Waals surface area contributed by atoms with Crippen LogP contribution in [-0.4, -0.2) is 35.3 Å². The van der Waals surface area contributed by atoms with E-state index < -0.39 is 17.3 Å². The zero-order chi connectivity index (χ0) is 21.9. The van der Waals surface area contributed by atoms with Crippen molar-refractivity contribution in [1.29, 1.82) is 0 Å². The van der Waals surface area contributed by atoms with Crippen LogP contribution in [0.25, 0.3) is 11.1 Å². The molecule has 30 heavy (non-hydrogen) atoms. The summed E-state index contributed by atoms with van der Waals surface area (Å²) >= 11 is 0. The predicted molar refractivity (Wildman–Crippen MR) is 114 cm³/mol. The van der Waals surface area contributed by atoms with Crippen LogP contribution in [-0.2, 0) is 11.2 Å². The molecule has 3 rings (SSSR count). The molecule has 1 aliphatic rings. The van der Waals surface area contributed by atoms with Crippen LogP contribution < -0.4 is 14.8 Å². The summed E-state index contributed by atoms with van der Waals surface area (Å²) in [4.78, 5) is 15.8. The summed E-state index contributed by atoms with van der Waals surface area (Å²) < 4.78 is 26.0. The molecule has 0 saturated heterocycles. The van der Waals surface area contributed by atoms with E-state index in [0.717, 1.165) is 18.4 Å². The van der Waals surface area contributed by atoms with Gasteiger partial charge in [0.25, 0.3) is 0 Å². The molecule has 1 saturated carbocycles. The Kier molecular flexibility index (Phi) is 6.48. The molecular formula is C23H29FN2O4. The topological polar surface area (TPSA) is 80.7 Å². The van der Waals surface area contributed by atoms with Crippen molar-refractivity contribution in [3.63, 3.8) is 0 Å². The van der Waals surface area contributed by atoms with Crippen LogP contribution >= 0.6 is 0 Å². The normalized spacial score (nSPS) is 13.8. The van der Waals surface area contributed by atoms with Crippen LogP contribution in [0.15, 0.2) is 24.4 Å². The number of aryl methyl sites for hydroxylation is 1. The number of ether oxygens (including phenoxy) is 2. The Balaban J connectivity index is 2.04. The van der Waals surface area contributed by atoms with E-state index in [9.17, 15) is 9.90 Å². The Hall–Kier alpha value is -2.83. The third-order valence-corrected chi connectivity index (χ3v) is 5.32. The molecule has 0 amide bonds. The SMILES string of the molecule is CCOc1cc(OC)cc(-c2cnc(NC(C)(C)C(=O)O)cc2CCC2CC2)c1F. The Labute approximate surface area is 176 Å². The van der Waals surface area contributed by atoms with Gasteiger partial charge in [0.2, 0.25) is 0 Å². The number of methoxy groups -OCH3 is 1.